The third-order valence-corrected chi connectivity index (χ3v) is 2.45. The van der Waals surface area contributed by atoms with Crippen molar-refractivity contribution in [1.82, 2.24) is 9.97 Å². The number of nitrogens with zero attached hydrogens (tertiary/aromatic N) is 3. The largest absolute Gasteiger partial charge is 0.394 e. The molecule has 14 heavy (non-hydrogen) atoms. The summed E-state index contributed by atoms with van der Waals surface area (Å²) in [7, 11) is 1.88. The first-order valence-electron chi connectivity index (χ1n) is 4.70. The van der Waals surface area contributed by atoms with Gasteiger partial charge in [0.1, 0.15) is 0 Å². The first-order valence-corrected chi connectivity index (χ1v) is 4.70. The summed E-state index contributed by atoms with van der Waals surface area (Å²) < 4.78 is 0. The zero-order chi connectivity index (χ0) is 10.7. The molecular formula is C10H17N3O. The van der Waals surface area contributed by atoms with Crippen LogP contribution in [0.2, 0.25) is 0 Å². The molecular weight excluding hydrogens is 178 g/mol. The van der Waals surface area contributed by atoms with Crippen molar-refractivity contribution in [3.8, 4) is 0 Å². The van der Waals surface area contributed by atoms with Gasteiger partial charge in [0.2, 0.25) is 5.95 Å². The molecule has 1 atom stereocenters. The molecule has 1 rings (SSSR count). The highest BCUT2D eigenvalue weighted by Gasteiger charge is 2.11. The highest BCUT2D eigenvalue weighted by molar-refractivity contribution is 5.32. The van der Waals surface area contributed by atoms with Crippen molar-refractivity contribution in [2.45, 2.75) is 26.8 Å². The van der Waals surface area contributed by atoms with Crippen molar-refractivity contribution in [2.24, 2.45) is 0 Å². The predicted molar refractivity (Wildman–Crippen MR) is 56.5 cm³/mol. The Kier molecular flexibility index (Phi) is 3.41. The van der Waals surface area contributed by atoms with Crippen molar-refractivity contribution in [2.75, 3.05) is 18.6 Å². The first-order chi connectivity index (χ1) is 6.56. The number of rotatable bonds is 3. The molecule has 0 aromatic carbocycles. The molecule has 1 unspecified atom stereocenters. The lowest BCUT2D eigenvalue weighted by Gasteiger charge is -2.23. The van der Waals surface area contributed by atoms with Gasteiger partial charge < -0.3 is 10.0 Å². The van der Waals surface area contributed by atoms with Gasteiger partial charge in [-0.1, -0.05) is 0 Å². The molecule has 78 valence electrons. The molecule has 1 N–H and O–H groups in total. The van der Waals surface area contributed by atoms with Crippen LogP contribution in [0.3, 0.4) is 0 Å². The number of anilines is 1. The zero-order valence-electron chi connectivity index (χ0n) is 9.15. The maximum absolute atomic E-state index is 8.99. The molecule has 0 saturated heterocycles. The molecule has 0 aliphatic carbocycles. The van der Waals surface area contributed by atoms with E-state index in [2.05, 4.69) is 9.97 Å². The summed E-state index contributed by atoms with van der Waals surface area (Å²) in [5, 5.41) is 8.99. The van der Waals surface area contributed by atoms with E-state index in [0.29, 0.717) is 5.95 Å². The molecule has 0 aliphatic heterocycles. The quantitative estimate of drug-likeness (QED) is 0.779. The van der Waals surface area contributed by atoms with E-state index >= 15 is 0 Å². The van der Waals surface area contributed by atoms with Gasteiger partial charge in [0.15, 0.2) is 0 Å². The number of likely N-dealkylation sites (N-methyl/N-ethyl adjacent to an activating group) is 1. The molecule has 0 aliphatic rings. The lowest BCUT2D eigenvalue weighted by Crippen LogP contribution is -2.33. The van der Waals surface area contributed by atoms with Crippen LogP contribution in [0, 0.1) is 13.8 Å². The summed E-state index contributed by atoms with van der Waals surface area (Å²) in [5.74, 6) is 0.662. The third-order valence-electron chi connectivity index (χ3n) is 2.45. The second-order valence-corrected chi connectivity index (χ2v) is 3.58. The second-order valence-electron chi connectivity index (χ2n) is 3.58. The molecule has 1 aromatic heterocycles. The van der Waals surface area contributed by atoms with E-state index in [4.69, 9.17) is 5.11 Å². The van der Waals surface area contributed by atoms with Crippen molar-refractivity contribution >= 4 is 5.95 Å². The third kappa shape index (κ3) is 2.20. The summed E-state index contributed by atoms with van der Waals surface area (Å²) in [6.45, 7) is 5.97. The van der Waals surface area contributed by atoms with Crippen LogP contribution in [0.25, 0.3) is 0 Å². The summed E-state index contributed by atoms with van der Waals surface area (Å²) >= 11 is 0. The Balaban J connectivity index is 2.91. The van der Waals surface area contributed by atoms with E-state index in [9.17, 15) is 0 Å². The van der Waals surface area contributed by atoms with Crippen molar-refractivity contribution in [3.05, 3.63) is 17.5 Å². The topological polar surface area (TPSA) is 49.2 Å². The zero-order valence-corrected chi connectivity index (χ0v) is 9.15. The SMILES string of the molecule is Cc1cnc(N(C)C(C)CO)nc1C. The normalized spacial score (nSPS) is 12.6. The Morgan fingerprint density at radius 1 is 1.50 bits per heavy atom. The predicted octanol–water partition coefficient (Wildman–Crippen LogP) is 0.910. The summed E-state index contributed by atoms with van der Waals surface area (Å²) in [4.78, 5) is 10.4. The fraction of sp³-hybridized carbons (Fsp3) is 0.600. The standard InChI is InChI=1S/C10H17N3O/c1-7-5-11-10(12-9(7)3)13(4)8(2)6-14/h5,8,14H,6H2,1-4H3. The van der Waals surface area contributed by atoms with Crippen LogP contribution in [0.15, 0.2) is 6.20 Å². The van der Waals surface area contributed by atoms with Crippen LogP contribution in [0.4, 0.5) is 5.95 Å². The number of aromatic nitrogens is 2. The molecule has 0 amide bonds. The van der Waals surface area contributed by atoms with Crippen LogP contribution in [0.5, 0.6) is 0 Å². The summed E-state index contributed by atoms with van der Waals surface area (Å²) in [6.07, 6.45) is 1.80. The monoisotopic (exact) mass is 195 g/mol. The van der Waals surface area contributed by atoms with Crippen molar-refractivity contribution in [3.63, 3.8) is 0 Å². The molecule has 0 saturated carbocycles. The second kappa shape index (κ2) is 4.37. The molecule has 0 bridgehead atoms. The van der Waals surface area contributed by atoms with Crippen molar-refractivity contribution < 1.29 is 5.11 Å². The van der Waals surface area contributed by atoms with Gasteiger partial charge in [-0.25, -0.2) is 9.97 Å². The lowest BCUT2D eigenvalue weighted by molar-refractivity contribution is 0.269. The Morgan fingerprint density at radius 2 is 2.14 bits per heavy atom. The van der Waals surface area contributed by atoms with E-state index in [-0.39, 0.29) is 12.6 Å². The first kappa shape index (κ1) is 10.9. The Morgan fingerprint density at radius 3 is 2.64 bits per heavy atom. The summed E-state index contributed by atoms with van der Waals surface area (Å²) in [6, 6.07) is 0.0390. The van der Waals surface area contributed by atoms with Gasteiger partial charge in [-0.05, 0) is 26.3 Å². The van der Waals surface area contributed by atoms with Crippen LogP contribution in [-0.4, -0.2) is 34.8 Å². The van der Waals surface area contributed by atoms with E-state index in [1.165, 1.54) is 0 Å². The Labute approximate surface area is 84.6 Å². The maximum Gasteiger partial charge on any atom is 0.225 e. The average Bonchev–Trinajstić information content (AvgIpc) is 2.20. The van der Waals surface area contributed by atoms with Gasteiger partial charge in [0, 0.05) is 18.9 Å². The maximum atomic E-state index is 8.99. The van der Waals surface area contributed by atoms with Crippen LogP contribution >= 0.6 is 0 Å². The molecule has 4 nitrogen and oxygen atoms in total. The number of aliphatic hydroxyl groups is 1. The smallest absolute Gasteiger partial charge is 0.225 e. The minimum absolute atomic E-state index is 0.0390. The molecule has 0 fully saturated rings. The van der Waals surface area contributed by atoms with E-state index in [1.807, 2.05) is 32.7 Å². The molecule has 4 heteroatoms. The Bertz CT molecular complexity index is 314. The molecule has 0 spiro atoms. The van der Waals surface area contributed by atoms with E-state index < -0.39 is 0 Å². The van der Waals surface area contributed by atoms with Gasteiger partial charge in [-0.2, -0.15) is 0 Å². The average molecular weight is 195 g/mol. The van der Waals surface area contributed by atoms with E-state index in [1.54, 1.807) is 6.20 Å². The minimum atomic E-state index is 0.0390. The van der Waals surface area contributed by atoms with Gasteiger partial charge in [-0.3, -0.25) is 0 Å². The van der Waals surface area contributed by atoms with Crippen LogP contribution in [0.1, 0.15) is 18.2 Å². The molecule has 0 radical (unpaired) electrons. The number of aryl methyl sites for hydroxylation is 2. The number of hydrogen-bond acceptors (Lipinski definition) is 4. The van der Waals surface area contributed by atoms with E-state index in [0.717, 1.165) is 11.3 Å². The highest BCUT2D eigenvalue weighted by atomic mass is 16.3. The number of hydrogen-bond donors (Lipinski definition) is 1. The minimum Gasteiger partial charge on any atom is -0.394 e. The van der Waals surface area contributed by atoms with Gasteiger partial charge in [0.25, 0.3) is 0 Å². The lowest BCUT2D eigenvalue weighted by atomic mass is 10.3. The Hall–Kier alpha value is -1.16. The van der Waals surface area contributed by atoms with Gasteiger partial charge in [-0.15, -0.1) is 0 Å². The summed E-state index contributed by atoms with van der Waals surface area (Å²) in [5.41, 5.74) is 2.06. The molecule has 1 aromatic rings. The fourth-order valence-corrected chi connectivity index (χ4v) is 1.00. The fourth-order valence-electron chi connectivity index (χ4n) is 1.00. The van der Waals surface area contributed by atoms with Gasteiger partial charge >= 0.3 is 0 Å². The van der Waals surface area contributed by atoms with Crippen molar-refractivity contribution in [1.29, 1.82) is 0 Å². The van der Waals surface area contributed by atoms with Crippen LogP contribution in [-0.2, 0) is 0 Å². The molecule has 1 heterocycles. The van der Waals surface area contributed by atoms with Crippen LogP contribution < -0.4 is 4.90 Å². The highest BCUT2D eigenvalue weighted by Crippen LogP contribution is 2.10. The number of aliphatic hydroxyl groups excluding tert-OH is 1. The van der Waals surface area contributed by atoms with Gasteiger partial charge in [0.05, 0.1) is 12.6 Å².